The van der Waals surface area contributed by atoms with Crippen LogP contribution in [-0.4, -0.2) is 20.7 Å². The number of nitrogens with zero attached hydrogens (tertiary/aromatic N) is 2. The normalized spacial score (nSPS) is 10.9. The predicted octanol–water partition coefficient (Wildman–Crippen LogP) is 2.49. The SMILES string of the molecule is O=C(Cc1ccc(-n2cccn2)cc1)Nc1ccc2oc(=O)[nH]c2c1. The van der Waals surface area contributed by atoms with Crippen molar-refractivity contribution in [1.82, 2.24) is 14.8 Å². The minimum absolute atomic E-state index is 0.142. The number of benzene rings is 2. The van der Waals surface area contributed by atoms with E-state index in [1.54, 1.807) is 29.1 Å². The Balaban J connectivity index is 1.45. The van der Waals surface area contributed by atoms with Gasteiger partial charge in [-0.3, -0.25) is 9.78 Å². The van der Waals surface area contributed by atoms with Crippen LogP contribution in [0, 0.1) is 0 Å². The Hall–Kier alpha value is -3.61. The Bertz CT molecular complexity index is 1080. The highest BCUT2D eigenvalue weighted by Crippen LogP contribution is 2.16. The molecule has 0 aliphatic carbocycles. The Morgan fingerprint density at radius 2 is 2.04 bits per heavy atom. The fourth-order valence-corrected chi connectivity index (χ4v) is 2.61. The van der Waals surface area contributed by atoms with Crippen LogP contribution in [0.1, 0.15) is 5.56 Å². The van der Waals surface area contributed by atoms with E-state index in [0.29, 0.717) is 16.8 Å². The molecule has 7 nitrogen and oxygen atoms in total. The second-order valence-electron chi connectivity index (χ2n) is 5.57. The molecule has 25 heavy (non-hydrogen) atoms. The molecule has 7 heteroatoms. The molecule has 2 aromatic heterocycles. The number of H-pyrrole nitrogens is 1. The fourth-order valence-electron chi connectivity index (χ4n) is 2.61. The summed E-state index contributed by atoms with van der Waals surface area (Å²) in [7, 11) is 0. The number of anilines is 1. The van der Waals surface area contributed by atoms with Gasteiger partial charge in [0.25, 0.3) is 0 Å². The maximum atomic E-state index is 12.2. The molecule has 4 aromatic rings. The quantitative estimate of drug-likeness (QED) is 0.600. The number of oxazole rings is 1. The van der Waals surface area contributed by atoms with Gasteiger partial charge >= 0.3 is 5.76 Å². The molecule has 0 aliphatic heterocycles. The van der Waals surface area contributed by atoms with Gasteiger partial charge in [0.2, 0.25) is 5.91 Å². The summed E-state index contributed by atoms with van der Waals surface area (Å²) in [5.74, 6) is -0.659. The summed E-state index contributed by atoms with van der Waals surface area (Å²) in [5.41, 5.74) is 3.43. The number of amides is 1. The Morgan fingerprint density at radius 1 is 1.20 bits per heavy atom. The average molecular weight is 334 g/mol. The van der Waals surface area contributed by atoms with Gasteiger partial charge in [0.15, 0.2) is 5.58 Å². The third-order valence-corrected chi connectivity index (χ3v) is 3.77. The van der Waals surface area contributed by atoms with E-state index in [9.17, 15) is 9.59 Å². The van der Waals surface area contributed by atoms with Crippen LogP contribution >= 0.6 is 0 Å². The van der Waals surface area contributed by atoms with Gasteiger partial charge in [-0.15, -0.1) is 0 Å². The standard InChI is InChI=1S/C18H14N4O3/c23-17(20-13-4-7-16-15(11-13)21-18(24)25-16)10-12-2-5-14(6-3-12)22-9-1-8-19-22/h1-9,11H,10H2,(H,20,23)(H,21,24). The van der Waals surface area contributed by atoms with Gasteiger partial charge in [-0.05, 0) is 42.0 Å². The topological polar surface area (TPSA) is 92.9 Å². The van der Waals surface area contributed by atoms with E-state index in [0.717, 1.165) is 11.3 Å². The number of aromatic amines is 1. The number of aromatic nitrogens is 3. The van der Waals surface area contributed by atoms with E-state index in [4.69, 9.17) is 4.42 Å². The lowest BCUT2D eigenvalue weighted by Gasteiger charge is -2.06. The molecule has 2 heterocycles. The van der Waals surface area contributed by atoms with Gasteiger partial charge in [0.05, 0.1) is 17.6 Å². The van der Waals surface area contributed by atoms with Crippen molar-refractivity contribution in [1.29, 1.82) is 0 Å². The third-order valence-electron chi connectivity index (χ3n) is 3.77. The van der Waals surface area contributed by atoms with Gasteiger partial charge in [0, 0.05) is 18.1 Å². The van der Waals surface area contributed by atoms with E-state index < -0.39 is 5.76 Å². The first-order valence-electron chi connectivity index (χ1n) is 7.69. The van der Waals surface area contributed by atoms with E-state index in [-0.39, 0.29) is 12.3 Å². The van der Waals surface area contributed by atoms with Crippen molar-refractivity contribution in [3.8, 4) is 5.69 Å². The van der Waals surface area contributed by atoms with E-state index in [1.807, 2.05) is 36.5 Å². The van der Waals surface area contributed by atoms with Crippen LogP contribution in [0.15, 0.2) is 70.1 Å². The number of rotatable bonds is 4. The first-order chi connectivity index (χ1) is 12.2. The lowest BCUT2D eigenvalue weighted by atomic mass is 10.1. The molecule has 0 aliphatic rings. The van der Waals surface area contributed by atoms with Crippen molar-refractivity contribution in [2.24, 2.45) is 0 Å². The van der Waals surface area contributed by atoms with Crippen molar-refractivity contribution < 1.29 is 9.21 Å². The molecule has 0 saturated heterocycles. The van der Waals surface area contributed by atoms with E-state index in [1.165, 1.54) is 0 Å². The maximum Gasteiger partial charge on any atom is 0.417 e. The zero-order valence-corrected chi connectivity index (χ0v) is 13.1. The molecule has 1 amide bonds. The lowest BCUT2D eigenvalue weighted by Crippen LogP contribution is -2.14. The maximum absolute atomic E-state index is 12.2. The summed E-state index contributed by atoms with van der Waals surface area (Å²) >= 11 is 0. The van der Waals surface area contributed by atoms with Gasteiger partial charge in [-0.25, -0.2) is 9.48 Å². The van der Waals surface area contributed by atoms with Crippen molar-refractivity contribution in [3.05, 3.63) is 77.0 Å². The number of carbonyl (C=O) groups excluding carboxylic acids is 1. The number of hydrogen-bond donors (Lipinski definition) is 2. The van der Waals surface area contributed by atoms with Crippen LogP contribution in [0.2, 0.25) is 0 Å². The van der Waals surface area contributed by atoms with E-state index >= 15 is 0 Å². The summed E-state index contributed by atoms with van der Waals surface area (Å²) in [6, 6.07) is 14.5. The highest BCUT2D eigenvalue weighted by atomic mass is 16.4. The van der Waals surface area contributed by atoms with Crippen LogP contribution in [0.5, 0.6) is 0 Å². The number of nitrogens with one attached hydrogen (secondary N) is 2. The molecule has 0 spiro atoms. The summed E-state index contributed by atoms with van der Waals surface area (Å²) in [5, 5.41) is 6.98. The first-order valence-corrected chi connectivity index (χ1v) is 7.69. The van der Waals surface area contributed by atoms with Crippen molar-refractivity contribution in [2.75, 3.05) is 5.32 Å². The Labute approximate surface area is 141 Å². The molecule has 0 radical (unpaired) electrons. The molecule has 2 aromatic carbocycles. The largest absolute Gasteiger partial charge is 0.417 e. The lowest BCUT2D eigenvalue weighted by molar-refractivity contribution is -0.115. The predicted molar refractivity (Wildman–Crippen MR) is 92.7 cm³/mol. The average Bonchev–Trinajstić information content (AvgIpc) is 3.23. The molecule has 2 N–H and O–H groups in total. The minimum atomic E-state index is -0.518. The monoisotopic (exact) mass is 334 g/mol. The number of carbonyl (C=O) groups is 1. The molecule has 0 fully saturated rings. The molecule has 0 unspecified atom stereocenters. The summed E-state index contributed by atoms with van der Waals surface area (Å²) in [4.78, 5) is 25.9. The van der Waals surface area contributed by atoms with Crippen LogP contribution in [0.3, 0.4) is 0 Å². The summed E-state index contributed by atoms with van der Waals surface area (Å²) in [6.07, 6.45) is 3.82. The third kappa shape index (κ3) is 3.20. The molecule has 124 valence electrons. The number of fused-ring (bicyclic) bond motifs is 1. The Morgan fingerprint density at radius 3 is 2.80 bits per heavy atom. The highest BCUT2D eigenvalue weighted by molar-refractivity contribution is 5.94. The molecule has 4 rings (SSSR count). The smallest absolute Gasteiger partial charge is 0.408 e. The van der Waals surface area contributed by atoms with Crippen molar-refractivity contribution in [3.63, 3.8) is 0 Å². The second kappa shape index (κ2) is 6.12. The van der Waals surface area contributed by atoms with Crippen LogP contribution in [0.25, 0.3) is 16.8 Å². The first kappa shape index (κ1) is 14.9. The highest BCUT2D eigenvalue weighted by Gasteiger charge is 2.07. The molecule has 0 bridgehead atoms. The van der Waals surface area contributed by atoms with Crippen LogP contribution in [-0.2, 0) is 11.2 Å². The van der Waals surface area contributed by atoms with Gasteiger partial charge in [-0.2, -0.15) is 5.10 Å². The molecule has 0 atom stereocenters. The zero-order chi connectivity index (χ0) is 17.2. The van der Waals surface area contributed by atoms with Gasteiger partial charge < -0.3 is 9.73 Å². The molecular weight excluding hydrogens is 320 g/mol. The van der Waals surface area contributed by atoms with Crippen molar-refractivity contribution in [2.45, 2.75) is 6.42 Å². The number of hydrogen-bond acceptors (Lipinski definition) is 4. The van der Waals surface area contributed by atoms with Gasteiger partial charge in [0.1, 0.15) is 0 Å². The van der Waals surface area contributed by atoms with Crippen molar-refractivity contribution >= 4 is 22.7 Å². The van der Waals surface area contributed by atoms with Crippen LogP contribution in [0.4, 0.5) is 5.69 Å². The molecule has 0 saturated carbocycles. The Kier molecular flexibility index (Phi) is 3.66. The van der Waals surface area contributed by atoms with E-state index in [2.05, 4.69) is 15.4 Å². The zero-order valence-electron chi connectivity index (χ0n) is 13.1. The minimum Gasteiger partial charge on any atom is -0.408 e. The summed E-state index contributed by atoms with van der Waals surface area (Å²) in [6.45, 7) is 0. The summed E-state index contributed by atoms with van der Waals surface area (Å²) < 4.78 is 6.69. The van der Waals surface area contributed by atoms with Crippen LogP contribution < -0.4 is 11.1 Å². The fraction of sp³-hybridized carbons (Fsp3) is 0.0556. The second-order valence-corrected chi connectivity index (χ2v) is 5.57. The van der Waals surface area contributed by atoms with Gasteiger partial charge in [-0.1, -0.05) is 12.1 Å². The molecular formula is C18H14N4O3.